The number of ether oxygens (including phenoxy) is 2. The summed E-state index contributed by atoms with van der Waals surface area (Å²) in [6, 6.07) is 18.7. The van der Waals surface area contributed by atoms with Crippen LogP contribution in [0.4, 0.5) is 11.6 Å². The fraction of sp³-hybridized carbons (Fsp3) is 0.158. The van der Waals surface area contributed by atoms with Gasteiger partial charge in [0.25, 0.3) is 0 Å². The molecule has 126 valence electrons. The number of nitrogens with zero attached hydrogens (tertiary/aromatic N) is 2. The van der Waals surface area contributed by atoms with E-state index in [1.165, 1.54) is 0 Å². The second-order valence-electron chi connectivity index (χ2n) is 5.08. The Morgan fingerprint density at radius 2 is 1.76 bits per heavy atom. The molecule has 1 aromatic heterocycles. The van der Waals surface area contributed by atoms with E-state index in [9.17, 15) is 5.26 Å². The first-order valence-corrected chi connectivity index (χ1v) is 7.86. The standard InChI is InChI=1S/C19H17N3O3/c1-2-23-16-10-8-14(9-11-16)21-19-17(12-20)22-18(25-19)13-24-15-6-4-3-5-7-15/h3-11,21H,2,13H2,1H3. The predicted octanol–water partition coefficient (Wildman–Crippen LogP) is 4.27. The summed E-state index contributed by atoms with van der Waals surface area (Å²) >= 11 is 0. The van der Waals surface area contributed by atoms with E-state index in [-0.39, 0.29) is 12.3 Å². The van der Waals surface area contributed by atoms with Crippen molar-refractivity contribution in [3.05, 3.63) is 66.2 Å². The summed E-state index contributed by atoms with van der Waals surface area (Å²) in [5, 5.41) is 12.3. The van der Waals surface area contributed by atoms with Gasteiger partial charge in [-0.25, -0.2) is 0 Å². The van der Waals surface area contributed by atoms with Gasteiger partial charge in [-0.15, -0.1) is 0 Å². The Balaban J connectivity index is 1.69. The number of anilines is 2. The fourth-order valence-corrected chi connectivity index (χ4v) is 2.18. The number of nitriles is 1. The van der Waals surface area contributed by atoms with Gasteiger partial charge < -0.3 is 19.2 Å². The van der Waals surface area contributed by atoms with Gasteiger partial charge in [-0.05, 0) is 43.3 Å². The highest BCUT2D eigenvalue weighted by Gasteiger charge is 2.14. The monoisotopic (exact) mass is 335 g/mol. The van der Waals surface area contributed by atoms with Gasteiger partial charge in [-0.1, -0.05) is 18.2 Å². The largest absolute Gasteiger partial charge is 0.494 e. The van der Waals surface area contributed by atoms with E-state index in [0.29, 0.717) is 24.1 Å². The first kappa shape index (κ1) is 16.4. The normalized spacial score (nSPS) is 10.1. The molecule has 0 amide bonds. The number of hydrogen-bond donors (Lipinski definition) is 1. The number of oxazole rings is 1. The summed E-state index contributed by atoms with van der Waals surface area (Å²) in [6.45, 7) is 2.68. The van der Waals surface area contributed by atoms with Crippen LogP contribution in [-0.4, -0.2) is 11.6 Å². The number of benzene rings is 2. The summed E-state index contributed by atoms with van der Waals surface area (Å²) in [7, 11) is 0. The molecule has 0 radical (unpaired) electrons. The lowest BCUT2D eigenvalue weighted by Crippen LogP contribution is -1.95. The molecule has 0 bridgehead atoms. The van der Waals surface area contributed by atoms with Crippen molar-refractivity contribution in [1.29, 1.82) is 5.26 Å². The smallest absolute Gasteiger partial charge is 0.236 e. The first-order chi connectivity index (χ1) is 12.3. The third-order valence-corrected chi connectivity index (χ3v) is 3.31. The Morgan fingerprint density at radius 3 is 2.44 bits per heavy atom. The number of para-hydroxylation sites is 1. The van der Waals surface area contributed by atoms with E-state index < -0.39 is 0 Å². The molecule has 0 saturated carbocycles. The van der Waals surface area contributed by atoms with E-state index in [2.05, 4.69) is 10.3 Å². The van der Waals surface area contributed by atoms with Crippen molar-refractivity contribution < 1.29 is 13.9 Å². The Hall–Kier alpha value is -3.46. The molecule has 1 heterocycles. The third kappa shape index (κ3) is 4.30. The molecule has 6 nitrogen and oxygen atoms in total. The van der Waals surface area contributed by atoms with Gasteiger partial charge in [0.05, 0.1) is 6.61 Å². The molecule has 0 aliphatic rings. The predicted molar refractivity (Wildman–Crippen MR) is 92.9 cm³/mol. The molecule has 0 atom stereocenters. The zero-order valence-electron chi connectivity index (χ0n) is 13.7. The minimum atomic E-state index is 0.143. The maximum absolute atomic E-state index is 9.24. The second kappa shape index (κ2) is 7.88. The van der Waals surface area contributed by atoms with Crippen LogP contribution >= 0.6 is 0 Å². The van der Waals surface area contributed by atoms with Gasteiger partial charge in [0, 0.05) is 5.69 Å². The lowest BCUT2D eigenvalue weighted by molar-refractivity contribution is 0.265. The van der Waals surface area contributed by atoms with Crippen molar-refractivity contribution in [2.75, 3.05) is 11.9 Å². The van der Waals surface area contributed by atoms with E-state index in [1.807, 2.05) is 67.6 Å². The van der Waals surface area contributed by atoms with E-state index >= 15 is 0 Å². The van der Waals surface area contributed by atoms with E-state index in [4.69, 9.17) is 13.9 Å². The van der Waals surface area contributed by atoms with Gasteiger partial charge in [0.1, 0.15) is 17.6 Å². The van der Waals surface area contributed by atoms with Crippen LogP contribution < -0.4 is 14.8 Å². The van der Waals surface area contributed by atoms with Crippen molar-refractivity contribution in [3.63, 3.8) is 0 Å². The minimum Gasteiger partial charge on any atom is -0.494 e. The Bertz CT molecular complexity index is 852. The van der Waals surface area contributed by atoms with Gasteiger partial charge in [-0.3, -0.25) is 0 Å². The lowest BCUT2D eigenvalue weighted by atomic mass is 10.3. The SMILES string of the molecule is CCOc1ccc(Nc2oc(COc3ccccc3)nc2C#N)cc1. The molecular formula is C19H17N3O3. The molecule has 1 N–H and O–H groups in total. The minimum absolute atomic E-state index is 0.143. The molecule has 25 heavy (non-hydrogen) atoms. The van der Waals surface area contributed by atoms with Crippen molar-refractivity contribution >= 4 is 11.6 Å². The number of aromatic nitrogens is 1. The topological polar surface area (TPSA) is 80.3 Å². The van der Waals surface area contributed by atoms with Crippen LogP contribution in [0.15, 0.2) is 59.0 Å². The molecule has 3 rings (SSSR count). The first-order valence-electron chi connectivity index (χ1n) is 7.86. The third-order valence-electron chi connectivity index (χ3n) is 3.31. The zero-order chi connectivity index (χ0) is 17.5. The summed E-state index contributed by atoms with van der Waals surface area (Å²) in [5.41, 5.74) is 0.951. The number of rotatable bonds is 7. The van der Waals surface area contributed by atoms with Crippen LogP contribution in [0.5, 0.6) is 11.5 Å². The molecule has 0 unspecified atom stereocenters. The molecule has 2 aromatic carbocycles. The Morgan fingerprint density at radius 1 is 1.04 bits per heavy atom. The van der Waals surface area contributed by atoms with Crippen LogP contribution in [0.1, 0.15) is 18.5 Å². The van der Waals surface area contributed by atoms with Crippen molar-refractivity contribution in [2.45, 2.75) is 13.5 Å². The maximum Gasteiger partial charge on any atom is 0.236 e. The van der Waals surface area contributed by atoms with Crippen LogP contribution in [0, 0.1) is 11.3 Å². The van der Waals surface area contributed by atoms with Gasteiger partial charge >= 0.3 is 0 Å². The quantitative estimate of drug-likeness (QED) is 0.694. The van der Waals surface area contributed by atoms with Crippen molar-refractivity contribution in [1.82, 2.24) is 4.98 Å². The van der Waals surface area contributed by atoms with Gasteiger partial charge in [0.15, 0.2) is 6.61 Å². The van der Waals surface area contributed by atoms with Crippen LogP contribution in [0.3, 0.4) is 0 Å². The summed E-state index contributed by atoms with van der Waals surface area (Å²) in [6.07, 6.45) is 0. The highest BCUT2D eigenvalue weighted by Crippen LogP contribution is 2.24. The highest BCUT2D eigenvalue weighted by atomic mass is 16.5. The van der Waals surface area contributed by atoms with Crippen molar-refractivity contribution in [3.8, 4) is 17.6 Å². The molecule has 6 heteroatoms. The van der Waals surface area contributed by atoms with Crippen LogP contribution in [0.25, 0.3) is 0 Å². The summed E-state index contributed by atoms with van der Waals surface area (Å²) in [5.74, 6) is 2.11. The van der Waals surface area contributed by atoms with Crippen molar-refractivity contribution in [2.24, 2.45) is 0 Å². The molecular weight excluding hydrogens is 318 g/mol. The number of hydrogen-bond acceptors (Lipinski definition) is 6. The van der Waals surface area contributed by atoms with E-state index in [1.54, 1.807) is 0 Å². The molecule has 0 aliphatic carbocycles. The highest BCUT2D eigenvalue weighted by molar-refractivity contribution is 5.60. The van der Waals surface area contributed by atoms with Gasteiger partial charge in [0.2, 0.25) is 17.5 Å². The second-order valence-corrected chi connectivity index (χ2v) is 5.08. The molecule has 0 saturated heterocycles. The number of nitrogens with one attached hydrogen (secondary N) is 1. The Labute approximate surface area is 145 Å². The average molecular weight is 335 g/mol. The fourth-order valence-electron chi connectivity index (χ4n) is 2.18. The summed E-state index contributed by atoms with van der Waals surface area (Å²) < 4.78 is 16.6. The Kier molecular flexibility index (Phi) is 5.17. The molecule has 0 fully saturated rings. The van der Waals surface area contributed by atoms with E-state index in [0.717, 1.165) is 11.4 Å². The van der Waals surface area contributed by atoms with Crippen LogP contribution in [0.2, 0.25) is 0 Å². The summed E-state index contributed by atoms with van der Waals surface area (Å²) in [4.78, 5) is 4.15. The zero-order valence-corrected chi connectivity index (χ0v) is 13.7. The molecule has 3 aromatic rings. The van der Waals surface area contributed by atoms with Crippen LogP contribution in [-0.2, 0) is 6.61 Å². The average Bonchev–Trinajstić information content (AvgIpc) is 3.04. The lowest BCUT2D eigenvalue weighted by Gasteiger charge is -2.06. The van der Waals surface area contributed by atoms with Gasteiger partial charge in [-0.2, -0.15) is 10.2 Å². The maximum atomic E-state index is 9.24. The molecule has 0 aliphatic heterocycles. The molecule has 0 spiro atoms.